The molecule has 0 aliphatic heterocycles. The Hall–Kier alpha value is -1.43. The number of nitrogens with one attached hydrogen (secondary N) is 1. The number of amides is 1. The van der Waals surface area contributed by atoms with Crippen LogP contribution in [0.5, 0.6) is 0 Å². The Labute approximate surface area is 105 Å². The van der Waals surface area contributed by atoms with Crippen LogP contribution in [0.2, 0.25) is 0 Å². The average molecular weight is 255 g/mol. The van der Waals surface area contributed by atoms with E-state index in [2.05, 4.69) is 9.69 Å². The zero-order valence-electron chi connectivity index (χ0n) is 10.5. The second-order valence-electron chi connectivity index (χ2n) is 4.63. The number of nitrogens with zero attached hydrogens (tertiary/aromatic N) is 1. The van der Waals surface area contributed by atoms with E-state index in [0.717, 1.165) is 0 Å². The van der Waals surface area contributed by atoms with Gasteiger partial charge in [-0.25, -0.2) is 0 Å². The van der Waals surface area contributed by atoms with Gasteiger partial charge in [-0.1, -0.05) is 0 Å². The molecular weight excluding hydrogens is 238 g/mol. The molecule has 1 amide bonds. The SMILES string of the molecule is CC(=O)c1c(C)nsc1NCC(C)(C)C(N)=O. The molecular formula is C11H17N3O2S. The van der Waals surface area contributed by atoms with E-state index < -0.39 is 5.41 Å². The molecule has 17 heavy (non-hydrogen) atoms. The molecule has 1 aromatic rings. The number of rotatable bonds is 5. The van der Waals surface area contributed by atoms with E-state index in [1.165, 1.54) is 18.5 Å². The summed E-state index contributed by atoms with van der Waals surface area (Å²) in [6.45, 7) is 7.18. The molecule has 0 unspecified atom stereocenters. The lowest BCUT2D eigenvalue weighted by atomic mass is 9.93. The number of nitrogens with two attached hydrogens (primary N) is 1. The Morgan fingerprint density at radius 3 is 2.53 bits per heavy atom. The Bertz CT molecular complexity index is 452. The van der Waals surface area contributed by atoms with E-state index in [4.69, 9.17) is 5.73 Å². The van der Waals surface area contributed by atoms with Crippen LogP contribution < -0.4 is 11.1 Å². The van der Waals surface area contributed by atoms with Crippen LogP contribution in [0.3, 0.4) is 0 Å². The number of hydrogen-bond acceptors (Lipinski definition) is 5. The number of carbonyl (C=O) groups is 2. The average Bonchev–Trinajstić information content (AvgIpc) is 2.56. The van der Waals surface area contributed by atoms with E-state index in [9.17, 15) is 9.59 Å². The highest BCUT2D eigenvalue weighted by Crippen LogP contribution is 2.26. The number of hydrogen-bond donors (Lipinski definition) is 2. The van der Waals surface area contributed by atoms with Gasteiger partial charge in [0.05, 0.1) is 16.7 Å². The Balaban J connectivity index is 2.84. The highest BCUT2D eigenvalue weighted by Gasteiger charge is 2.26. The number of carbonyl (C=O) groups excluding carboxylic acids is 2. The minimum atomic E-state index is -0.661. The Kier molecular flexibility index (Phi) is 3.87. The van der Waals surface area contributed by atoms with Gasteiger partial charge in [-0.2, -0.15) is 4.37 Å². The number of primary amides is 1. The molecule has 1 aromatic heterocycles. The number of ketones is 1. The van der Waals surface area contributed by atoms with Crippen LogP contribution in [-0.4, -0.2) is 22.6 Å². The molecule has 0 spiro atoms. The first-order valence-corrected chi connectivity index (χ1v) is 6.04. The number of aryl methyl sites for hydroxylation is 1. The second-order valence-corrected chi connectivity index (χ2v) is 5.40. The molecule has 0 radical (unpaired) electrons. The van der Waals surface area contributed by atoms with Gasteiger partial charge in [-0.05, 0) is 39.2 Å². The molecule has 0 fully saturated rings. The van der Waals surface area contributed by atoms with E-state index in [0.29, 0.717) is 22.8 Å². The molecule has 1 heterocycles. The molecule has 3 N–H and O–H groups in total. The van der Waals surface area contributed by atoms with Crippen molar-refractivity contribution < 1.29 is 9.59 Å². The van der Waals surface area contributed by atoms with E-state index in [1.807, 2.05) is 0 Å². The molecule has 0 aliphatic rings. The molecule has 1 rings (SSSR count). The lowest BCUT2D eigenvalue weighted by Crippen LogP contribution is -2.37. The summed E-state index contributed by atoms with van der Waals surface area (Å²) in [7, 11) is 0. The minimum absolute atomic E-state index is 0.0318. The molecule has 0 saturated carbocycles. The monoisotopic (exact) mass is 255 g/mol. The van der Waals surface area contributed by atoms with Gasteiger partial charge in [0, 0.05) is 6.54 Å². The summed E-state index contributed by atoms with van der Waals surface area (Å²) in [6, 6.07) is 0. The number of aromatic nitrogens is 1. The molecule has 6 heteroatoms. The van der Waals surface area contributed by atoms with Crippen LogP contribution in [0.4, 0.5) is 5.00 Å². The van der Waals surface area contributed by atoms with Crippen molar-refractivity contribution in [3.63, 3.8) is 0 Å². The molecule has 0 aliphatic carbocycles. The summed E-state index contributed by atoms with van der Waals surface area (Å²) in [5, 5.41) is 3.77. The van der Waals surface area contributed by atoms with Crippen molar-refractivity contribution in [2.75, 3.05) is 11.9 Å². The first kappa shape index (κ1) is 13.6. The zero-order chi connectivity index (χ0) is 13.2. The van der Waals surface area contributed by atoms with Crippen LogP contribution in [0.1, 0.15) is 36.8 Å². The van der Waals surface area contributed by atoms with Gasteiger partial charge in [-0.15, -0.1) is 0 Å². The summed E-state index contributed by atoms with van der Waals surface area (Å²) in [6.07, 6.45) is 0. The molecule has 0 atom stereocenters. The van der Waals surface area contributed by atoms with Crippen LogP contribution >= 0.6 is 11.5 Å². The highest BCUT2D eigenvalue weighted by atomic mass is 32.1. The molecule has 0 aromatic carbocycles. The summed E-state index contributed by atoms with van der Waals surface area (Å²) in [5.41, 5.74) is 5.92. The van der Waals surface area contributed by atoms with Gasteiger partial charge >= 0.3 is 0 Å². The van der Waals surface area contributed by atoms with Crippen molar-refractivity contribution in [1.29, 1.82) is 0 Å². The topological polar surface area (TPSA) is 85.1 Å². The summed E-state index contributed by atoms with van der Waals surface area (Å²) in [4.78, 5) is 22.6. The maximum atomic E-state index is 11.4. The molecule has 94 valence electrons. The predicted molar refractivity (Wildman–Crippen MR) is 68.3 cm³/mol. The van der Waals surface area contributed by atoms with Crippen LogP contribution in [-0.2, 0) is 4.79 Å². The fourth-order valence-corrected chi connectivity index (χ4v) is 2.13. The predicted octanol–water partition coefficient (Wildman–Crippen LogP) is 1.58. The summed E-state index contributed by atoms with van der Waals surface area (Å²) < 4.78 is 4.13. The lowest BCUT2D eigenvalue weighted by Gasteiger charge is -2.20. The quantitative estimate of drug-likeness (QED) is 0.782. The maximum absolute atomic E-state index is 11.4. The summed E-state index contributed by atoms with van der Waals surface area (Å²) in [5.74, 6) is -0.411. The third-order valence-corrected chi connectivity index (χ3v) is 3.47. The van der Waals surface area contributed by atoms with Gasteiger partial charge in [0.15, 0.2) is 5.78 Å². The van der Waals surface area contributed by atoms with Gasteiger partial charge in [0.1, 0.15) is 5.00 Å². The maximum Gasteiger partial charge on any atom is 0.224 e. The number of Topliss-reactive ketones (excluding diaryl/α,β-unsaturated/α-hetero) is 1. The van der Waals surface area contributed by atoms with Gasteiger partial charge in [-0.3, -0.25) is 9.59 Å². The van der Waals surface area contributed by atoms with Gasteiger partial charge in [0.2, 0.25) is 5.91 Å². The van der Waals surface area contributed by atoms with Crippen LogP contribution in [0.15, 0.2) is 0 Å². The van der Waals surface area contributed by atoms with E-state index in [1.54, 1.807) is 20.8 Å². The van der Waals surface area contributed by atoms with Crippen molar-refractivity contribution in [1.82, 2.24) is 4.37 Å². The first-order chi connectivity index (χ1) is 7.75. The second kappa shape index (κ2) is 4.83. The Morgan fingerprint density at radius 1 is 1.47 bits per heavy atom. The fraction of sp³-hybridized carbons (Fsp3) is 0.545. The highest BCUT2D eigenvalue weighted by molar-refractivity contribution is 7.10. The third-order valence-electron chi connectivity index (χ3n) is 2.57. The third kappa shape index (κ3) is 3.03. The number of anilines is 1. The van der Waals surface area contributed by atoms with Crippen molar-refractivity contribution in [3.8, 4) is 0 Å². The molecule has 0 bridgehead atoms. The smallest absolute Gasteiger partial charge is 0.224 e. The standard InChI is InChI=1S/C11H17N3O2S/c1-6-8(7(2)15)9(17-14-6)13-5-11(3,4)10(12)16/h13H,5H2,1-4H3,(H2,12,16). The van der Waals surface area contributed by atoms with Gasteiger partial charge < -0.3 is 11.1 Å². The van der Waals surface area contributed by atoms with Crippen molar-refractivity contribution in [2.24, 2.45) is 11.1 Å². The van der Waals surface area contributed by atoms with Crippen LogP contribution in [0.25, 0.3) is 0 Å². The van der Waals surface area contributed by atoms with E-state index in [-0.39, 0.29) is 11.7 Å². The minimum Gasteiger partial charge on any atom is -0.374 e. The lowest BCUT2D eigenvalue weighted by molar-refractivity contribution is -0.125. The molecule has 5 nitrogen and oxygen atoms in total. The largest absolute Gasteiger partial charge is 0.374 e. The van der Waals surface area contributed by atoms with Crippen LogP contribution in [0, 0.1) is 12.3 Å². The van der Waals surface area contributed by atoms with Crippen molar-refractivity contribution in [3.05, 3.63) is 11.3 Å². The first-order valence-electron chi connectivity index (χ1n) is 5.26. The Morgan fingerprint density at radius 2 is 2.06 bits per heavy atom. The fourth-order valence-electron chi connectivity index (χ4n) is 1.29. The summed E-state index contributed by atoms with van der Waals surface area (Å²) >= 11 is 1.22. The molecule has 0 saturated heterocycles. The zero-order valence-corrected chi connectivity index (χ0v) is 11.3. The van der Waals surface area contributed by atoms with E-state index >= 15 is 0 Å². The van der Waals surface area contributed by atoms with Crippen molar-refractivity contribution in [2.45, 2.75) is 27.7 Å². The normalized spacial score (nSPS) is 11.3. The van der Waals surface area contributed by atoms with Crippen molar-refractivity contribution >= 4 is 28.2 Å². The van der Waals surface area contributed by atoms with Gasteiger partial charge in [0.25, 0.3) is 0 Å².